The van der Waals surface area contributed by atoms with Crippen molar-refractivity contribution in [3.63, 3.8) is 0 Å². The number of hydrogen-bond acceptors (Lipinski definition) is 2. The molecule has 2 heterocycles. The summed E-state index contributed by atoms with van der Waals surface area (Å²) in [6, 6.07) is 3.89. The van der Waals surface area contributed by atoms with Crippen LogP contribution in [0.5, 0.6) is 0 Å². The Bertz CT molecular complexity index is 365. The second-order valence-corrected chi connectivity index (χ2v) is 2.63. The number of nitrogens with zero attached hydrogens (tertiary/aromatic N) is 3. The summed E-state index contributed by atoms with van der Waals surface area (Å²) in [7, 11) is 0. The van der Waals surface area contributed by atoms with Crippen LogP contribution in [0.1, 0.15) is 19.5 Å². The van der Waals surface area contributed by atoms with Crippen molar-refractivity contribution >= 4 is 0 Å². The third-order valence-electron chi connectivity index (χ3n) is 1.67. The average molecular weight is 189 g/mol. The Kier molecular flexibility index (Phi) is 3.85. The smallest absolute Gasteiger partial charge is 0.0995 e. The molecular formula is C11H15N3. The van der Waals surface area contributed by atoms with E-state index in [1.165, 1.54) is 0 Å². The number of aromatic nitrogens is 3. The van der Waals surface area contributed by atoms with Gasteiger partial charge in [0, 0.05) is 24.3 Å². The van der Waals surface area contributed by atoms with Gasteiger partial charge in [-0.2, -0.15) is 0 Å². The van der Waals surface area contributed by atoms with Crippen LogP contribution in [0.2, 0.25) is 0 Å². The zero-order valence-corrected chi connectivity index (χ0v) is 8.81. The molecule has 0 saturated carbocycles. The standard InChI is InChI=1S/C9H9N3.C2H6/c1-8-6-12(7-11-8)9-2-4-10-5-3-9;1-2/h2-7H,1H3;1-2H3. The molecule has 0 aromatic carbocycles. The molecule has 0 radical (unpaired) electrons. The summed E-state index contributed by atoms with van der Waals surface area (Å²) in [6.07, 6.45) is 7.31. The molecule has 0 unspecified atom stereocenters. The molecule has 0 fully saturated rings. The van der Waals surface area contributed by atoms with Gasteiger partial charge >= 0.3 is 0 Å². The van der Waals surface area contributed by atoms with E-state index in [2.05, 4.69) is 9.97 Å². The van der Waals surface area contributed by atoms with Crippen LogP contribution < -0.4 is 0 Å². The van der Waals surface area contributed by atoms with E-state index in [9.17, 15) is 0 Å². The zero-order valence-electron chi connectivity index (χ0n) is 8.81. The first kappa shape index (κ1) is 10.4. The number of pyridine rings is 1. The molecule has 3 heteroatoms. The Morgan fingerprint density at radius 1 is 1.14 bits per heavy atom. The predicted molar refractivity (Wildman–Crippen MR) is 57.4 cm³/mol. The molecule has 3 nitrogen and oxygen atoms in total. The molecular weight excluding hydrogens is 174 g/mol. The molecule has 0 aliphatic rings. The van der Waals surface area contributed by atoms with Crippen molar-refractivity contribution < 1.29 is 0 Å². The average Bonchev–Trinajstić information content (AvgIpc) is 2.69. The minimum absolute atomic E-state index is 1.02. The lowest BCUT2D eigenvalue weighted by Crippen LogP contribution is -1.88. The summed E-state index contributed by atoms with van der Waals surface area (Å²) in [5, 5.41) is 0. The first-order chi connectivity index (χ1) is 6.86. The summed E-state index contributed by atoms with van der Waals surface area (Å²) in [6.45, 7) is 5.97. The van der Waals surface area contributed by atoms with Crippen LogP contribution in [0.15, 0.2) is 37.1 Å². The van der Waals surface area contributed by atoms with Crippen molar-refractivity contribution in [2.75, 3.05) is 0 Å². The van der Waals surface area contributed by atoms with Crippen molar-refractivity contribution in [3.05, 3.63) is 42.7 Å². The molecule has 0 amide bonds. The highest BCUT2D eigenvalue weighted by atomic mass is 15.0. The molecule has 2 rings (SSSR count). The maximum absolute atomic E-state index is 4.14. The fourth-order valence-corrected chi connectivity index (χ4v) is 1.08. The molecule has 2 aromatic heterocycles. The van der Waals surface area contributed by atoms with Gasteiger partial charge in [-0.3, -0.25) is 4.98 Å². The van der Waals surface area contributed by atoms with E-state index < -0.39 is 0 Å². The minimum Gasteiger partial charge on any atom is -0.306 e. The molecule has 0 saturated heterocycles. The maximum atomic E-state index is 4.14. The summed E-state index contributed by atoms with van der Waals surface area (Å²) < 4.78 is 1.97. The van der Waals surface area contributed by atoms with Gasteiger partial charge in [0.25, 0.3) is 0 Å². The van der Waals surface area contributed by atoms with Gasteiger partial charge < -0.3 is 4.57 Å². The van der Waals surface area contributed by atoms with Crippen LogP contribution in [-0.4, -0.2) is 14.5 Å². The van der Waals surface area contributed by atoms with E-state index in [1.807, 2.05) is 43.7 Å². The van der Waals surface area contributed by atoms with Gasteiger partial charge in [0.1, 0.15) is 0 Å². The van der Waals surface area contributed by atoms with Crippen molar-refractivity contribution in [3.8, 4) is 5.69 Å². The Labute approximate surface area is 84.4 Å². The second kappa shape index (κ2) is 5.17. The topological polar surface area (TPSA) is 30.7 Å². The lowest BCUT2D eigenvalue weighted by Gasteiger charge is -1.98. The van der Waals surface area contributed by atoms with Crippen molar-refractivity contribution in [2.24, 2.45) is 0 Å². The third kappa shape index (κ3) is 2.42. The van der Waals surface area contributed by atoms with Crippen LogP contribution in [0.3, 0.4) is 0 Å². The van der Waals surface area contributed by atoms with Crippen LogP contribution in [0.4, 0.5) is 0 Å². The quantitative estimate of drug-likeness (QED) is 0.690. The third-order valence-corrected chi connectivity index (χ3v) is 1.67. The van der Waals surface area contributed by atoms with E-state index >= 15 is 0 Å². The molecule has 0 atom stereocenters. The fraction of sp³-hybridized carbons (Fsp3) is 0.273. The van der Waals surface area contributed by atoms with Crippen molar-refractivity contribution in [2.45, 2.75) is 20.8 Å². The van der Waals surface area contributed by atoms with Crippen LogP contribution in [0, 0.1) is 6.92 Å². The molecule has 14 heavy (non-hydrogen) atoms. The summed E-state index contributed by atoms with van der Waals surface area (Å²) >= 11 is 0. The lowest BCUT2D eigenvalue weighted by atomic mass is 10.4. The predicted octanol–water partition coefficient (Wildman–Crippen LogP) is 2.60. The Morgan fingerprint density at radius 2 is 1.79 bits per heavy atom. The van der Waals surface area contributed by atoms with E-state index in [-0.39, 0.29) is 0 Å². The van der Waals surface area contributed by atoms with E-state index in [0.717, 1.165) is 11.4 Å². The van der Waals surface area contributed by atoms with Crippen molar-refractivity contribution in [1.29, 1.82) is 0 Å². The maximum Gasteiger partial charge on any atom is 0.0995 e. The highest BCUT2D eigenvalue weighted by Crippen LogP contribution is 2.05. The van der Waals surface area contributed by atoms with Gasteiger partial charge in [-0.1, -0.05) is 13.8 Å². The zero-order chi connectivity index (χ0) is 10.4. The van der Waals surface area contributed by atoms with Crippen LogP contribution in [-0.2, 0) is 0 Å². The molecule has 0 spiro atoms. The first-order valence-corrected chi connectivity index (χ1v) is 4.77. The molecule has 0 aliphatic carbocycles. The monoisotopic (exact) mass is 189 g/mol. The fourth-order valence-electron chi connectivity index (χ4n) is 1.08. The number of imidazole rings is 1. The summed E-state index contributed by atoms with van der Waals surface area (Å²) in [4.78, 5) is 8.08. The SMILES string of the molecule is CC.Cc1cn(-c2ccncc2)cn1. The van der Waals surface area contributed by atoms with Crippen molar-refractivity contribution in [1.82, 2.24) is 14.5 Å². The van der Waals surface area contributed by atoms with Crippen LogP contribution in [0.25, 0.3) is 5.69 Å². The molecule has 0 bridgehead atoms. The molecule has 0 N–H and O–H groups in total. The van der Waals surface area contributed by atoms with E-state index in [1.54, 1.807) is 18.7 Å². The van der Waals surface area contributed by atoms with Gasteiger partial charge in [0.05, 0.1) is 12.0 Å². The molecule has 0 aliphatic heterocycles. The molecule has 74 valence electrons. The van der Waals surface area contributed by atoms with E-state index in [0.29, 0.717) is 0 Å². The largest absolute Gasteiger partial charge is 0.306 e. The lowest BCUT2D eigenvalue weighted by molar-refractivity contribution is 1.05. The van der Waals surface area contributed by atoms with Gasteiger partial charge in [0.15, 0.2) is 0 Å². The van der Waals surface area contributed by atoms with E-state index in [4.69, 9.17) is 0 Å². The molecule has 2 aromatic rings. The summed E-state index contributed by atoms with van der Waals surface area (Å²) in [5.41, 5.74) is 2.11. The number of rotatable bonds is 1. The van der Waals surface area contributed by atoms with Gasteiger partial charge in [-0.25, -0.2) is 4.98 Å². The second-order valence-electron chi connectivity index (χ2n) is 2.63. The van der Waals surface area contributed by atoms with Gasteiger partial charge in [-0.15, -0.1) is 0 Å². The summed E-state index contributed by atoms with van der Waals surface area (Å²) in [5.74, 6) is 0. The number of aryl methyl sites for hydroxylation is 1. The normalized spacial score (nSPS) is 9.07. The van der Waals surface area contributed by atoms with Gasteiger partial charge in [-0.05, 0) is 19.1 Å². The Hall–Kier alpha value is -1.64. The number of hydrogen-bond donors (Lipinski definition) is 0. The first-order valence-electron chi connectivity index (χ1n) is 4.77. The Balaban J connectivity index is 0.000000461. The highest BCUT2D eigenvalue weighted by Gasteiger charge is 1.94. The highest BCUT2D eigenvalue weighted by molar-refractivity contribution is 5.28. The van der Waals surface area contributed by atoms with Gasteiger partial charge in [0.2, 0.25) is 0 Å². The van der Waals surface area contributed by atoms with Crippen LogP contribution >= 0.6 is 0 Å². The minimum atomic E-state index is 1.02. The Morgan fingerprint density at radius 3 is 2.29 bits per heavy atom.